The molecule has 1 aromatic carbocycles. The number of hydrazine groups is 1. The van der Waals surface area contributed by atoms with Gasteiger partial charge in [0.2, 0.25) is 0 Å². The summed E-state index contributed by atoms with van der Waals surface area (Å²) in [6.45, 7) is 5.69. The van der Waals surface area contributed by atoms with Crippen LogP contribution in [0.25, 0.3) is 0 Å². The molecule has 1 heterocycles. The van der Waals surface area contributed by atoms with Crippen LogP contribution < -0.4 is 5.43 Å². The van der Waals surface area contributed by atoms with E-state index in [4.69, 9.17) is 4.74 Å². The largest absolute Gasteiger partial charge is 0.379 e. The number of benzene rings is 1. The number of hydrogen-bond donors (Lipinski definition) is 1. The molecule has 3 nitrogen and oxygen atoms in total. The standard InChI is InChI=1S/C12H17FN2O/c1-10-2-3-12(13)11(8-10)9-14-15-4-6-16-7-5-15/h2-3,8,14H,4-7,9H2,1H3. The lowest BCUT2D eigenvalue weighted by Crippen LogP contribution is -2.45. The smallest absolute Gasteiger partial charge is 0.127 e. The monoisotopic (exact) mass is 224 g/mol. The summed E-state index contributed by atoms with van der Waals surface area (Å²) in [5.41, 5.74) is 5.02. The minimum absolute atomic E-state index is 0.147. The first-order chi connectivity index (χ1) is 7.75. The van der Waals surface area contributed by atoms with Crippen molar-refractivity contribution < 1.29 is 9.13 Å². The third-order valence-electron chi connectivity index (χ3n) is 2.71. The van der Waals surface area contributed by atoms with Gasteiger partial charge >= 0.3 is 0 Å². The first kappa shape index (κ1) is 11.5. The molecule has 0 radical (unpaired) electrons. The van der Waals surface area contributed by atoms with Gasteiger partial charge in [-0.25, -0.2) is 9.40 Å². The predicted molar refractivity (Wildman–Crippen MR) is 60.4 cm³/mol. The molecule has 1 saturated heterocycles. The Balaban J connectivity index is 1.90. The molecule has 88 valence electrons. The fourth-order valence-electron chi connectivity index (χ4n) is 1.76. The molecule has 1 aliphatic heterocycles. The zero-order chi connectivity index (χ0) is 11.4. The number of halogens is 1. The molecule has 0 bridgehead atoms. The summed E-state index contributed by atoms with van der Waals surface area (Å²) in [4.78, 5) is 0. The van der Waals surface area contributed by atoms with Crippen LogP contribution in [0, 0.1) is 12.7 Å². The van der Waals surface area contributed by atoms with Crippen LogP contribution in [-0.2, 0) is 11.3 Å². The highest BCUT2D eigenvalue weighted by molar-refractivity contribution is 5.23. The zero-order valence-electron chi connectivity index (χ0n) is 9.50. The molecule has 1 fully saturated rings. The maximum Gasteiger partial charge on any atom is 0.127 e. The van der Waals surface area contributed by atoms with Crippen LogP contribution in [-0.4, -0.2) is 31.3 Å². The quantitative estimate of drug-likeness (QED) is 0.841. The lowest BCUT2D eigenvalue weighted by molar-refractivity contribution is 0.0104. The van der Waals surface area contributed by atoms with Gasteiger partial charge in [-0.15, -0.1) is 0 Å². The van der Waals surface area contributed by atoms with Crippen molar-refractivity contribution in [3.8, 4) is 0 Å². The van der Waals surface area contributed by atoms with Gasteiger partial charge < -0.3 is 4.74 Å². The van der Waals surface area contributed by atoms with Gasteiger partial charge in [0.25, 0.3) is 0 Å². The fraction of sp³-hybridized carbons (Fsp3) is 0.500. The second kappa shape index (κ2) is 5.39. The summed E-state index contributed by atoms with van der Waals surface area (Å²) < 4.78 is 18.7. The highest BCUT2D eigenvalue weighted by Crippen LogP contribution is 2.09. The predicted octanol–water partition coefficient (Wildman–Crippen LogP) is 1.47. The van der Waals surface area contributed by atoms with Gasteiger partial charge in [0.1, 0.15) is 5.82 Å². The van der Waals surface area contributed by atoms with Crippen molar-refractivity contribution in [2.45, 2.75) is 13.5 Å². The first-order valence-electron chi connectivity index (χ1n) is 5.57. The Morgan fingerprint density at radius 2 is 2.12 bits per heavy atom. The van der Waals surface area contributed by atoms with Crippen molar-refractivity contribution in [3.05, 3.63) is 35.1 Å². The molecule has 1 N–H and O–H groups in total. The molecule has 16 heavy (non-hydrogen) atoms. The highest BCUT2D eigenvalue weighted by atomic mass is 19.1. The van der Waals surface area contributed by atoms with Crippen LogP contribution in [0.15, 0.2) is 18.2 Å². The normalized spacial score (nSPS) is 17.6. The van der Waals surface area contributed by atoms with Crippen molar-refractivity contribution in [3.63, 3.8) is 0 Å². The molecule has 1 aliphatic rings. The molecular weight excluding hydrogens is 207 g/mol. The Bertz CT molecular complexity index is 351. The molecule has 0 aliphatic carbocycles. The van der Waals surface area contributed by atoms with Crippen molar-refractivity contribution in [2.75, 3.05) is 26.3 Å². The van der Waals surface area contributed by atoms with Crippen molar-refractivity contribution in [2.24, 2.45) is 0 Å². The zero-order valence-corrected chi connectivity index (χ0v) is 9.50. The van der Waals surface area contributed by atoms with E-state index in [1.54, 1.807) is 6.07 Å². The minimum atomic E-state index is -0.147. The molecule has 0 unspecified atom stereocenters. The third-order valence-corrected chi connectivity index (χ3v) is 2.71. The number of nitrogens with zero attached hydrogens (tertiary/aromatic N) is 1. The molecule has 2 rings (SSSR count). The van der Waals surface area contributed by atoms with Crippen LogP contribution in [0.3, 0.4) is 0 Å². The summed E-state index contributed by atoms with van der Waals surface area (Å²) in [5.74, 6) is -0.147. The molecule has 0 spiro atoms. The molecule has 0 amide bonds. The summed E-state index contributed by atoms with van der Waals surface area (Å²) >= 11 is 0. The average molecular weight is 224 g/mol. The number of hydrogen-bond acceptors (Lipinski definition) is 3. The molecular formula is C12H17FN2O. The Labute approximate surface area is 95.2 Å². The topological polar surface area (TPSA) is 24.5 Å². The molecule has 4 heteroatoms. The third kappa shape index (κ3) is 3.01. The van der Waals surface area contributed by atoms with Gasteiger partial charge in [0, 0.05) is 25.2 Å². The van der Waals surface area contributed by atoms with E-state index in [1.165, 1.54) is 6.07 Å². The molecule has 0 aromatic heterocycles. The van der Waals surface area contributed by atoms with Crippen LogP contribution in [0.4, 0.5) is 4.39 Å². The second-order valence-corrected chi connectivity index (χ2v) is 4.03. The Kier molecular flexibility index (Phi) is 3.88. The van der Waals surface area contributed by atoms with E-state index in [2.05, 4.69) is 10.4 Å². The summed E-state index contributed by atoms with van der Waals surface area (Å²) in [5, 5.41) is 2.07. The first-order valence-corrected chi connectivity index (χ1v) is 5.57. The van der Waals surface area contributed by atoms with Crippen LogP contribution in [0.5, 0.6) is 0 Å². The van der Waals surface area contributed by atoms with Crippen LogP contribution in [0.1, 0.15) is 11.1 Å². The summed E-state index contributed by atoms with van der Waals surface area (Å²) in [6, 6.07) is 5.18. The van der Waals surface area contributed by atoms with Crippen LogP contribution in [0.2, 0.25) is 0 Å². The van der Waals surface area contributed by atoms with Crippen molar-refractivity contribution in [1.82, 2.24) is 10.4 Å². The number of rotatable bonds is 3. The minimum Gasteiger partial charge on any atom is -0.379 e. The fourth-order valence-corrected chi connectivity index (χ4v) is 1.76. The summed E-state index contributed by atoms with van der Waals surface area (Å²) in [7, 11) is 0. The number of ether oxygens (including phenoxy) is 1. The second-order valence-electron chi connectivity index (χ2n) is 4.03. The number of aryl methyl sites for hydroxylation is 1. The Morgan fingerprint density at radius 3 is 2.88 bits per heavy atom. The van der Waals surface area contributed by atoms with Gasteiger partial charge in [-0.2, -0.15) is 0 Å². The van der Waals surface area contributed by atoms with Crippen LogP contribution >= 0.6 is 0 Å². The van der Waals surface area contributed by atoms with Gasteiger partial charge in [0.15, 0.2) is 0 Å². The van der Waals surface area contributed by atoms with E-state index < -0.39 is 0 Å². The van der Waals surface area contributed by atoms with Gasteiger partial charge in [-0.1, -0.05) is 17.7 Å². The lowest BCUT2D eigenvalue weighted by atomic mass is 10.1. The summed E-state index contributed by atoms with van der Waals surface area (Å²) in [6.07, 6.45) is 0. The Hall–Kier alpha value is -0.970. The van der Waals surface area contributed by atoms with E-state index >= 15 is 0 Å². The van der Waals surface area contributed by atoms with E-state index in [-0.39, 0.29) is 5.82 Å². The van der Waals surface area contributed by atoms with E-state index in [0.717, 1.165) is 31.9 Å². The van der Waals surface area contributed by atoms with E-state index in [9.17, 15) is 4.39 Å². The van der Waals surface area contributed by atoms with Crippen molar-refractivity contribution in [1.29, 1.82) is 0 Å². The lowest BCUT2D eigenvalue weighted by Gasteiger charge is -2.27. The van der Waals surface area contributed by atoms with Gasteiger partial charge in [-0.3, -0.25) is 5.43 Å². The van der Waals surface area contributed by atoms with E-state index in [0.29, 0.717) is 12.1 Å². The number of morpholine rings is 1. The maximum absolute atomic E-state index is 13.4. The average Bonchev–Trinajstić information content (AvgIpc) is 2.32. The molecule has 1 aromatic rings. The maximum atomic E-state index is 13.4. The SMILES string of the molecule is Cc1ccc(F)c(CNN2CCOCC2)c1. The number of nitrogens with one attached hydrogen (secondary N) is 1. The Morgan fingerprint density at radius 1 is 1.38 bits per heavy atom. The highest BCUT2D eigenvalue weighted by Gasteiger charge is 2.10. The van der Waals surface area contributed by atoms with Crippen molar-refractivity contribution >= 4 is 0 Å². The van der Waals surface area contributed by atoms with Gasteiger partial charge in [-0.05, 0) is 13.0 Å². The van der Waals surface area contributed by atoms with E-state index in [1.807, 2.05) is 13.0 Å². The van der Waals surface area contributed by atoms with Gasteiger partial charge in [0.05, 0.1) is 13.2 Å². The molecule has 0 saturated carbocycles. The molecule has 0 atom stereocenters.